The van der Waals surface area contributed by atoms with Gasteiger partial charge in [0.1, 0.15) is 18.9 Å². The molecule has 0 aliphatic heterocycles. The fourth-order valence-corrected chi connectivity index (χ4v) is 3.45. The normalized spacial score (nSPS) is 13.3. The van der Waals surface area contributed by atoms with E-state index in [1.165, 1.54) is 0 Å². The Kier molecular flexibility index (Phi) is 5.86. The highest BCUT2D eigenvalue weighted by Gasteiger charge is 2.29. The number of nitrogens with one attached hydrogen (secondary N) is 1. The number of hydrogen-bond donors (Lipinski definition) is 2. The first-order chi connectivity index (χ1) is 13.1. The summed E-state index contributed by atoms with van der Waals surface area (Å²) in [5.74, 6) is -1.23. The number of amides is 1. The van der Waals surface area contributed by atoms with Gasteiger partial charge in [-0.25, -0.2) is 9.59 Å². The molecule has 0 fully saturated rings. The number of fused-ring (bicyclic) bond motifs is 3. The van der Waals surface area contributed by atoms with Gasteiger partial charge in [0, 0.05) is 12.3 Å². The van der Waals surface area contributed by atoms with Crippen LogP contribution in [0.5, 0.6) is 0 Å². The molecule has 2 aromatic carbocycles. The Hall–Kier alpha value is -3.15. The van der Waals surface area contributed by atoms with Gasteiger partial charge in [0.25, 0.3) is 0 Å². The fourth-order valence-electron chi connectivity index (χ4n) is 3.45. The van der Waals surface area contributed by atoms with Crippen LogP contribution >= 0.6 is 0 Å². The first kappa shape index (κ1) is 18.6. The van der Waals surface area contributed by atoms with Crippen molar-refractivity contribution in [2.45, 2.75) is 31.2 Å². The molecule has 1 amide bonds. The van der Waals surface area contributed by atoms with Gasteiger partial charge in [-0.3, -0.25) is 0 Å². The summed E-state index contributed by atoms with van der Waals surface area (Å²) in [6.07, 6.45) is 0.792. The lowest BCUT2D eigenvalue weighted by Crippen LogP contribution is -2.41. The van der Waals surface area contributed by atoms with Crippen molar-refractivity contribution in [3.05, 3.63) is 59.7 Å². The number of benzene rings is 2. The minimum absolute atomic E-state index is 0.0820. The van der Waals surface area contributed by atoms with Crippen LogP contribution in [0, 0.1) is 0 Å². The third kappa shape index (κ3) is 4.16. The highest BCUT2D eigenvalue weighted by molar-refractivity contribution is 5.81. The van der Waals surface area contributed by atoms with Gasteiger partial charge in [0.15, 0.2) is 0 Å². The molecule has 1 aliphatic carbocycles. The third-order valence-electron chi connectivity index (χ3n) is 4.75. The Morgan fingerprint density at radius 2 is 1.67 bits per heavy atom. The Bertz CT molecular complexity index is 802. The Labute approximate surface area is 157 Å². The van der Waals surface area contributed by atoms with E-state index in [4.69, 9.17) is 4.74 Å². The zero-order chi connectivity index (χ0) is 19.2. The molecule has 2 N–H and O–H groups in total. The fraction of sp³-hybridized carbons (Fsp3) is 0.286. The van der Waals surface area contributed by atoms with Gasteiger partial charge in [-0.15, -0.1) is 0 Å². The molecule has 27 heavy (non-hydrogen) atoms. The van der Waals surface area contributed by atoms with Crippen molar-refractivity contribution in [3.8, 4) is 11.1 Å². The Morgan fingerprint density at radius 3 is 2.22 bits per heavy atom. The standard InChI is InChI=1S/C21H21NO5/c23-12-6-5-11-19(20(24)25)22-21(26)27-13-18-16-9-3-1-7-14(16)15-8-2-4-10-17(15)18/h1-4,7-10,12,18-19H,5-6,11,13H2,(H,22,26)(H,24,25). The minimum Gasteiger partial charge on any atom is -0.480 e. The van der Waals surface area contributed by atoms with Crippen LogP contribution in [0.2, 0.25) is 0 Å². The molecule has 6 nitrogen and oxygen atoms in total. The van der Waals surface area contributed by atoms with Crippen molar-refractivity contribution in [1.82, 2.24) is 5.32 Å². The molecule has 1 unspecified atom stereocenters. The number of carbonyl (C=O) groups excluding carboxylic acids is 2. The average molecular weight is 367 g/mol. The number of hydrogen-bond acceptors (Lipinski definition) is 4. The first-order valence-corrected chi connectivity index (χ1v) is 8.89. The lowest BCUT2D eigenvalue weighted by Gasteiger charge is -2.17. The van der Waals surface area contributed by atoms with Gasteiger partial charge in [-0.1, -0.05) is 48.5 Å². The summed E-state index contributed by atoms with van der Waals surface area (Å²) in [4.78, 5) is 33.7. The van der Waals surface area contributed by atoms with Gasteiger partial charge < -0.3 is 20.0 Å². The van der Waals surface area contributed by atoms with Crippen molar-refractivity contribution in [2.24, 2.45) is 0 Å². The lowest BCUT2D eigenvalue weighted by molar-refractivity contribution is -0.139. The highest BCUT2D eigenvalue weighted by atomic mass is 16.5. The van der Waals surface area contributed by atoms with Gasteiger partial charge in [-0.05, 0) is 35.1 Å². The Morgan fingerprint density at radius 1 is 1.07 bits per heavy atom. The summed E-state index contributed by atoms with van der Waals surface area (Å²) in [6, 6.07) is 14.9. The molecule has 1 aliphatic rings. The molecule has 0 heterocycles. The molecule has 0 radical (unpaired) electrons. The van der Waals surface area contributed by atoms with Crippen LogP contribution in [0.25, 0.3) is 11.1 Å². The van der Waals surface area contributed by atoms with Crippen LogP contribution in [0.3, 0.4) is 0 Å². The predicted octanol–water partition coefficient (Wildman–Crippen LogP) is 3.35. The number of carbonyl (C=O) groups is 3. The molecule has 3 rings (SSSR count). The SMILES string of the molecule is O=CCCCC(NC(=O)OCC1c2ccccc2-c2ccccc21)C(=O)O. The van der Waals surface area contributed by atoms with E-state index in [9.17, 15) is 19.5 Å². The van der Waals surface area contributed by atoms with Gasteiger partial charge in [-0.2, -0.15) is 0 Å². The highest BCUT2D eigenvalue weighted by Crippen LogP contribution is 2.44. The average Bonchev–Trinajstić information content (AvgIpc) is 2.99. The second-order valence-electron chi connectivity index (χ2n) is 6.46. The van der Waals surface area contributed by atoms with Gasteiger partial charge >= 0.3 is 12.1 Å². The number of aldehydes is 1. The van der Waals surface area contributed by atoms with Crippen molar-refractivity contribution < 1.29 is 24.2 Å². The lowest BCUT2D eigenvalue weighted by atomic mass is 9.98. The molecule has 0 saturated carbocycles. The van der Waals surface area contributed by atoms with Crippen molar-refractivity contribution in [1.29, 1.82) is 0 Å². The van der Waals surface area contributed by atoms with E-state index in [-0.39, 0.29) is 25.4 Å². The predicted molar refractivity (Wildman–Crippen MR) is 99.5 cm³/mol. The number of unbranched alkanes of at least 4 members (excludes halogenated alkanes) is 1. The van der Waals surface area contributed by atoms with E-state index in [1.54, 1.807) is 0 Å². The number of alkyl carbamates (subject to hydrolysis) is 1. The quantitative estimate of drug-likeness (QED) is 0.551. The summed E-state index contributed by atoms with van der Waals surface area (Å²) in [7, 11) is 0. The molecule has 0 aromatic heterocycles. The monoisotopic (exact) mass is 367 g/mol. The van der Waals surface area contributed by atoms with E-state index >= 15 is 0 Å². The van der Waals surface area contributed by atoms with Crippen molar-refractivity contribution >= 4 is 18.3 Å². The van der Waals surface area contributed by atoms with E-state index in [2.05, 4.69) is 5.32 Å². The molecule has 1 atom stereocenters. The van der Waals surface area contributed by atoms with Crippen LogP contribution in [0.4, 0.5) is 4.79 Å². The maximum atomic E-state index is 12.1. The van der Waals surface area contributed by atoms with E-state index in [1.807, 2.05) is 48.5 Å². The van der Waals surface area contributed by atoms with E-state index < -0.39 is 18.1 Å². The maximum Gasteiger partial charge on any atom is 0.407 e. The second kappa shape index (κ2) is 8.49. The number of ether oxygens (including phenoxy) is 1. The maximum absolute atomic E-state index is 12.1. The zero-order valence-corrected chi connectivity index (χ0v) is 14.8. The van der Waals surface area contributed by atoms with Crippen LogP contribution in [-0.2, 0) is 14.3 Å². The molecular formula is C21H21NO5. The molecule has 140 valence electrons. The topological polar surface area (TPSA) is 92.7 Å². The molecule has 2 aromatic rings. The third-order valence-corrected chi connectivity index (χ3v) is 4.75. The van der Waals surface area contributed by atoms with Crippen LogP contribution in [0.15, 0.2) is 48.5 Å². The summed E-state index contributed by atoms with van der Waals surface area (Å²) in [6.45, 7) is 0.126. The summed E-state index contributed by atoms with van der Waals surface area (Å²) < 4.78 is 5.34. The number of carboxylic acid groups (broad SMARTS) is 1. The van der Waals surface area contributed by atoms with Crippen molar-refractivity contribution in [2.75, 3.05) is 6.61 Å². The minimum atomic E-state index is -1.14. The van der Waals surface area contributed by atoms with E-state index in [0.717, 1.165) is 28.5 Å². The molecule has 0 bridgehead atoms. The van der Waals surface area contributed by atoms with Crippen LogP contribution in [0.1, 0.15) is 36.3 Å². The van der Waals surface area contributed by atoms with Gasteiger partial charge in [0.2, 0.25) is 0 Å². The molecular weight excluding hydrogens is 346 g/mol. The summed E-state index contributed by atoms with van der Waals surface area (Å²) in [5, 5.41) is 11.6. The smallest absolute Gasteiger partial charge is 0.407 e. The largest absolute Gasteiger partial charge is 0.480 e. The zero-order valence-electron chi connectivity index (χ0n) is 14.8. The summed E-state index contributed by atoms with van der Waals surface area (Å²) in [5.41, 5.74) is 4.43. The van der Waals surface area contributed by atoms with E-state index in [0.29, 0.717) is 6.42 Å². The number of carboxylic acids is 1. The summed E-state index contributed by atoms with van der Waals surface area (Å²) >= 11 is 0. The first-order valence-electron chi connectivity index (χ1n) is 8.89. The number of aliphatic carboxylic acids is 1. The Balaban J connectivity index is 1.65. The molecule has 0 spiro atoms. The van der Waals surface area contributed by atoms with Crippen LogP contribution < -0.4 is 5.32 Å². The van der Waals surface area contributed by atoms with Gasteiger partial charge in [0.05, 0.1) is 0 Å². The second-order valence-corrected chi connectivity index (χ2v) is 6.46. The molecule has 0 saturated heterocycles. The van der Waals surface area contributed by atoms with Crippen molar-refractivity contribution in [3.63, 3.8) is 0 Å². The number of rotatable bonds is 8. The van der Waals surface area contributed by atoms with Crippen LogP contribution in [-0.4, -0.2) is 36.1 Å². The molecule has 6 heteroatoms.